The average Bonchev–Trinajstić information content (AvgIpc) is 2.75. The highest BCUT2D eigenvalue weighted by atomic mass is 19.1. The minimum absolute atomic E-state index is 0.268. The maximum atomic E-state index is 12.9. The van der Waals surface area contributed by atoms with Crippen LogP contribution in [0.3, 0.4) is 0 Å². The minimum Gasteiger partial charge on any atom is -0.478 e. The number of aliphatic carboxylic acids is 2. The van der Waals surface area contributed by atoms with Crippen molar-refractivity contribution in [2.75, 3.05) is 32.7 Å². The zero-order valence-electron chi connectivity index (χ0n) is 17.1. The molecular formula is C23H27FN2O5. The Hall–Kier alpha value is -3.07. The van der Waals surface area contributed by atoms with Crippen molar-refractivity contribution in [3.05, 3.63) is 83.7 Å². The Morgan fingerprint density at radius 2 is 1.39 bits per heavy atom. The second-order valence-electron chi connectivity index (χ2n) is 7.14. The third-order valence-corrected chi connectivity index (χ3v) is 4.77. The Kier molecular flexibility index (Phi) is 9.83. The lowest BCUT2D eigenvalue weighted by atomic mass is 10.1. The van der Waals surface area contributed by atoms with Gasteiger partial charge in [0.25, 0.3) is 0 Å². The normalized spacial score (nSPS) is 15.8. The number of hydrogen-bond acceptors (Lipinski definition) is 5. The summed E-state index contributed by atoms with van der Waals surface area (Å²) in [6.07, 6.45) is 0.557. The third kappa shape index (κ3) is 9.52. The highest BCUT2D eigenvalue weighted by molar-refractivity contribution is 5.89. The summed E-state index contributed by atoms with van der Waals surface area (Å²) < 4.78 is 12.9. The fourth-order valence-electron chi connectivity index (χ4n) is 3.15. The Morgan fingerprint density at radius 1 is 0.871 bits per heavy atom. The molecule has 2 aromatic rings. The maximum absolute atomic E-state index is 12.9. The molecule has 3 N–H and O–H groups in total. The fourth-order valence-corrected chi connectivity index (χ4v) is 3.15. The summed E-state index contributed by atoms with van der Waals surface area (Å²) in [6, 6.07) is 16.6. The van der Waals surface area contributed by atoms with E-state index < -0.39 is 18.0 Å². The molecule has 2 aromatic carbocycles. The van der Waals surface area contributed by atoms with E-state index in [1.165, 1.54) is 17.7 Å². The van der Waals surface area contributed by atoms with Crippen LogP contribution in [0.25, 0.3) is 0 Å². The Balaban J connectivity index is 0.000000366. The van der Waals surface area contributed by atoms with E-state index in [1.54, 1.807) is 12.1 Å². The number of piperazine rings is 1. The summed E-state index contributed by atoms with van der Waals surface area (Å²) in [5.74, 6) is -2.78. The molecule has 1 fully saturated rings. The average molecular weight is 430 g/mol. The van der Waals surface area contributed by atoms with E-state index in [0.717, 1.165) is 38.3 Å². The molecule has 31 heavy (non-hydrogen) atoms. The van der Waals surface area contributed by atoms with Crippen molar-refractivity contribution < 1.29 is 29.3 Å². The van der Waals surface area contributed by atoms with Crippen molar-refractivity contribution in [3.63, 3.8) is 0 Å². The standard InChI is InChI=1S/C19H23FN2O.C4H4O4/c20-18-8-6-17(7-9-18)19(23)15-22-12-10-21(11-13-22)14-16-4-2-1-3-5-16;5-3(6)1-2-4(7)8/h1-9,19,23H,10-15H2;1-2H,(H,5,6)(H,7,8)/b;2-1+. The van der Waals surface area contributed by atoms with Gasteiger partial charge in [-0.15, -0.1) is 0 Å². The SMILES string of the molecule is O=C(O)/C=C/C(=O)O.OC(CN1CCN(Cc2ccccc2)CC1)c1ccc(F)cc1. The van der Waals surface area contributed by atoms with Crippen LogP contribution in [0.1, 0.15) is 17.2 Å². The smallest absolute Gasteiger partial charge is 0.328 e. The molecular weight excluding hydrogens is 403 g/mol. The lowest BCUT2D eigenvalue weighted by Gasteiger charge is -2.35. The first-order valence-electron chi connectivity index (χ1n) is 9.89. The first kappa shape index (κ1) is 24.2. The van der Waals surface area contributed by atoms with Crippen LogP contribution in [-0.4, -0.2) is 69.8 Å². The molecule has 0 saturated carbocycles. The number of carbonyl (C=O) groups is 2. The van der Waals surface area contributed by atoms with Crippen LogP contribution in [0.15, 0.2) is 66.7 Å². The number of β-amino-alcohol motifs (C(OH)–C–C–N with tert-alkyl or cyclic N) is 1. The molecule has 0 bridgehead atoms. The van der Waals surface area contributed by atoms with Gasteiger partial charge in [-0.1, -0.05) is 42.5 Å². The molecule has 1 heterocycles. The summed E-state index contributed by atoms with van der Waals surface area (Å²) in [7, 11) is 0. The van der Waals surface area contributed by atoms with E-state index in [9.17, 15) is 19.1 Å². The van der Waals surface area contributed by atoms with Gasteiger partial charge in [-0.2, -0.15) is 0 Å². The van der Waals surface area contributed by atoms with Gasteiger partial charge in [0.15, 0.2) is 0 Å². The Bertz CT molecular complexity index is 834. The van der Waals surface area contributed by atoms with Crippen molar-refractivity contribution in [2.45, 2.75) is 12.6 Å². The quantitative estimate of drug-likeness (QED) is 0.580. The predicted octanol–water partition coefficient (Wildman–Crippen LogP) is 2.39. The number of benzene rings is 2. The van der Waals surface area contributed by atoms with Crippen LogP contribution >= 0.6 is 0 Å². The van der Waals surface area contributed by atoms with E-state index in [2.05, 4.69) is 34.1 Å². The monoisotopic (exact) mass is 430 g/mol. The number of hydrogen-bond donors (Lipinski definition) is 3. The van der Waals surface area contributed by atoms with Gasteiger partial charge >= 0.3 is 11.9 Å². The first-order valence-corrected chi connectivity index (χ1v) is 9.89. The van der Waals surface area contributed by atoms with Crippen LogP contribution in [-0.2, 0) is 16.1 Å². The van der Waals surface area contributed by atoms with Crippen LogP contribution in [0.5, 0.6) is 0 Å². The lowest BCUT2D eigenvalue weighted by Crippen LogP contribution is -2.47. The van der Waals surface area contributed by atoms with Gasteiger partial charge in [0.1, 0.15) is 5.82 Å². The molecule has 1 unspecified atom stereocenters. The van der Waals surface area contributed by atoms with Gasteiger partial charge in [0.05, 0.1) is 6.10 Å². The van der Waals surface area contributed by atoms with Crippen LogP contribution in [0.2, 0.25) is 0 Å². The zero-order valence-corrected chi connectivity index (χ0v) is 17.1. The van der Waals surface area contributed by atoms with E-state index >= 15 is 0 Å². The van der Waals surface area contributed by atoms with Crippen molar-refractivity contribution in [1.82, 2.24) is 9.80 Å². The topological polar surface area (TPSA) is 101 Å². The second-order valence-corrected chi connectivity index (χ2v) is 7.14. The summed E-state index contributed by atoms with van der Waals surface area (Å²) in [5.41, 5.74) is 2.12. The van der Waals surface area contributed by atoms with Gasteiger partial charge in [-0.3, -0.25) is 9.80 Å². The molecule has 0 amide bonds. The number of carboxylic acids is 2. The Morgan fingerprint density at radius 3 is 1.90 bits per heavy atom. The number of nitrogens with zero attached hydrogens (tertiary/aromatic N) is 2. The molecule has 0 radical (unpaired) electrons. The van der Waals surface area contributed by atoms with E-state index in [0.29, 0.717) is 18.7 Å². The fraction of sp³-hybridized carbons (Fsp3) is 0.304. The summed E-state index contributed by atoms with van der Waals surface area (Å²) in [6.45, 7) is 5.49. The number of rotatable bonds is 7. The number of halogens is 1. The number of carboxylic acid groups (broad SMARTS) is 2. The van der Waals surface area contributed by atoms with Crippen molar-refractivity contribution in [1.29, 1.82) is 0 Å². The highest BCUT2D eigenvalue weighted by Gasteiger charge is 2.20. The van der Waals surface area contributed by atoms with Crippen LogP contribution in [0.4, 0.5) is 4.39 Å². The van der Waals surface area contributed by atoms with Crippen molar-refractivity contribution in [3.8, 4) is 0 Å². The molecule has 7 nitrogen and oxygen atoms in total. The molecule has 8 heteroatoms. The molecule has 1 aliphatic rings. The lowest BCUT2D eigenvalue weighted by molar-refractivity contribution is -0.134. The highest BCUT2D eigenvalue weighted by Crippen LogP contribution is 2.16. The van der Waals surface area contributed by atoms with Gasteiger partial charge in [-0.25, -0.2) is 14.0 Å². The van der Waals surface area contributed by atoms with E-state index in [4.69, 9.17) is 10.2 Å². The summed E-state index contributed by atoms with van der Waals surface area (Å²) in [4.78, 5) is 23.8. The number of aliphatic hydroxyl groups excluding tert-OH is 1. The molecule has 1 saturated heterocycles. The summed E-state index contributed by atoms with van der Waals surface area (Å²) in [5, 5.41) is 25.9. The van der Waals surface area contributed by atoms with E-state index in [1.807, 2.05) is 6.07 Å². The number of aliphatic hydroxyl groups is 1. The first-order chi connectivity index (χ1) is 14.8. The molecule has 166 valence electrons. The summed E-state index contributed by atoms with van der Waals surface area (Å²) >= 11 is 0. The van der Waals surface area contributed by atoms with Crippen molar-refractivity contribution in [2.24, 2.45) is 0 Å². The maximum Gasteiger partial charge on any atom is 0.328 e. The third-order valence-electron chi connectivity index (χ3n) is 4.77. The van der Waals surface area contributed by atoms with Crippen LogP contribution < -0.4 is 0 Å². The van der Waals surface area contributed by atoms with Gasteiger partial charge in [-0.05, 0) is 23.3 Å². The van der Waals surface area contributed by atoms with Gasteiger partial charge in [0.2, 0.25) is 0 Å². The van der Waals surface area contributed by atoms with Gasteiger partial charge < -0.3 is 15.3 Å². The van der Waals surface area contributed by atoms with E-state index in [-0.39, 0.29) is 5.82 Å². The molecule has 0 spiro atoms. The largest absolute Gasteiger partial charge is 0.478 e. The zero-order chi connectivity index (χ0) is 22.6. The minimum atomic E-state index is -1.26. The molecule has 1 aliphatic heterocycles. The molecule has 0 aliphatic carbocycles. The molecule has 1 atom stereocenters. The Labute approximate surface area is 180 Å². The van der Waals surface area contributed by atoms with Crippen molar-refractivity contribution >= 4 is 11.9 Å². The second kappa shape index (κ2) is 12.6. The predicted molar refractivity (Wildman–Crippen MR) is 114 cm³/mol. The van der Waals surface area contributed by atoms with Crippen LogP contribution in [0, 0.1) is 5.82 Å². The molecule has 0 aromatic heterocycles. The molecule has 3 rings (SSSR count). The van der Waals surface area contributed by atoms with Gasteiger partial charge in [0, 0.05) is 51.4 Å².